The van der Waals surface area contributed by atoms with Gasteiger partial charge in [-0.2, -0.15) is 0 Å². The van der Waals surface area contributed by atoms with Crippen molar-refractivity contribution in [2.75, 3.05) is 24.5 Å². The predicted octanol–water partition coefficient (Wildman–Crippen LogP) is 4.31. The SMILES string of the molecule is C[C@H](Cc1cccnc1)NC1CCN(c2ccc(CC(=O)NCCc3cccc(F)c3)cc2)CC1. The number of carbonyl (C=O) groups excluding carboxylic acids is 1. The van der Waals surface area contributed by atoms with E-state index in [2.05, 4.69) is 45.6 Å². The van der Waals surface area contributed by atoms with E-state index in [0.29, 0.717) is 31.5 Å². The quantitative estimate of drug-likeness (QED) is 0.460. The smallest absolute Gasteiger partial charge is 0.224 e. The van der Waals surface area contributed by atoms with E-state index in [0.717, 1.165) is 43.5 Å². The van der Waals surface area contributed by atoms with Gasteiger partial charge >= 0.3 is 0 Å². The summed E-state index contributed by atoms with van der Waals surface area (Å²) in [5.74, 6) is -0.258. The maximum Gasteiger partial charge on any atom is 0.224 e. The number of pyridine rings is 1. The van der Waals surface area contributed by atoms with Gasteiger partial charge in [-0.05, 0) is 79.6 Å². The summed E-state index contributed by atoms with van der Waals surface area (Å²) in [6, 6.07) is 19.9. The molecule has 6 heteroatoms. The highest BCUT2D eigenvalue weighted by atomic mass is 19.1. The molecule has 4 rings (SSSR count). The minimum atomic E-state index is -0.246. The average molecular weight is 475 g/mol. The normalized spacial score (nSPS) is 15.1. The van der Waals surface area contributed by atoms with Gasteiger partial charge in [0.25, 0.3) is 0 Å². The Labute approximate surface area is 207 Å². The van der Waals surface area contributed by atoms with E-state index in [1.165, 1.54) is 23.4 Å². The molecule has 0 aliphatic carbocycles. The topological polar surface area (TPSA) is 57.3 Å². The van der Waals surface area contributed by atoms with Crippen molar-refractivity contribution >= 4 is 11.6 Å². The van der Waals surface area contributed by atoms with Crippen LogP contribution in [0, 0.1) is 5.82 Å². The van der Waals surface area contributed by atoms with E-state index < -0.39 is 0 Å². The number of aromatic nitrogens is 1. The van der Waals surface area contributed by atoms with Gasteiger partial charge in [0, 0.05) is 49.8 Å². The second kappa shape index (κ2) is 12.5. The van der Waals surface area contributed by atoms with Crippen LogP contribution >= 0.6 is 0 Å². The minimum Gasteiger partial charge on any atom is -0.371 e. The van der Waals surface area contributed by atoms with Gasteiger partial charge in [-0.1, -0.05) is 30.3 Å². The Hall–Kier alpha value is -3.25. The van der Waals surface area contributed by atoms with Gasteiger partial charge in [0.1, 0.15) is 5.82 Å². The van der Waals surface area contributed by atoms with E-state index in [9.17, 15) is 9.18 Å². The molecule has 3 aromatic rings. The number of piperidine rings is 1. The van der Waals surface area contributed by atoms with Crippen molar-refractivity contribution in [3.05, 3.63) is 95.6 Å². The van der Waals surface area contributed by atoms with Crippen molar-refractivity contribution in [3.8, 4) is 0 Å². The molecule has 184 valence electrons. The van der Waals surface area contributed by atoms with Crippen LogP contribution in [-0.2, 0) is 24.1 Å². The molecule has 0 saturated carbocycles. The fraction of sp³-hybridized carbons (Fsp3) is 0.379. The summed E-state index contributed by atoms with van der Waals surface area (Å²) in [6.07, 6.45) is 7.96. The molecule has 2 N–H and O–H groups in total. The molecular formula is C29H35FN4O. The first-order chi connectivity index (χ1) is 17.0. The van der Waals surface area contributed by atoms with Crippen LogP contribution in [0.3, 0.4) is 0 Å². The number of amides is 1. The van der Waals surface area contributed by atoms with E-state index in [1.54, 1.807) is 6.07 Å². The molecular weight excluding hydrogens is 439 g/mol. The van der Waals surface area contributed by atoms with Crippen LogP contribution < -0.4 is 15.5 Å². The van der Waals surface area contributed by atoms with Gasteiger partial charge in [-0.15, -0.1) is 0 Å². The predicted molar refractivity (Wildman–Crippen MR) is 139 cm³/mol. The summed E-state index contributed by atoms with van der Waals surface area (Å²) in [5, 5.41) is 6.71. The highest BCUT2D eigenvalue weighted by Gasteiger charge is 2.21. The molecule has 2 aromatic carbocycles. The standard InChI is InChI=1S/C29H35FN4O/c1-22(18-25-5-3-14-31-21-25)33-27-12-16-34(17-13-27)28-9-7-24(8-10-28)20-29(35)32-15-11-23-4-2-6-26(30)19-23/h2-10,14,19,21-22,27,33H,11-13,15-18,20H2,1H3,(H,32,35)/t22-/m1/s1. The molecule has 0 radical (unpaired) electrons. The summed E-state index contributed by atoms with van der Waals surface area (Å²) >= 11 is 0. The third-order valence-corrected chi connectivity index (χ3v) is 6.57. The number of hydrogen-bond acceptors (Lipinski definition) is 4. The van der Waals surface area contributed by atoms with Gasteiger partial charge in [-0.3, -0.25) is 9.78 Å². The minimum absolute atomic E-state index is 0.0126. The molecule has 1 aromatic heterocycles. The molecule has 1 fully saturated rings. The second-order valence-corrected chi connectivity index (χ2v) is 9.47. The van der Waals surface area contributed by atoms with Crippen LogP contribution in [0.4, 0.5) is 10.1 Å². The Kier molecular flexibility index (Phi) is 8.85. The zero-order chi connectivity index (χ0) is 24.5. The lowest BCUT2D eigenvalue weighted by molar-refractivity contribution is -0.120. The molecule has 2 heterocycles. The highest BCUT2D eigenvalue weighted by Crippen LogP contribution is 2.21. The number of rotatable bonds is 10. The van der Waals surface area contributed by atoms with Gasteiger partial charge < -0.3 is 15.5 Å². The maximum atomic E-state index is 13.3. The molecule has 5 nitrogen and oxygen atoms in total. The van der Waals surface area contributed by atoms with Gasteiger partial charge in [-0.25, -0.2) is 4.39 Å². The molecule has 1 aliphatic heterocycles. The van der Waals surface area contributed by atoms with E-state index >= 15 is 0 Å². The molecule has 35 heavy (non-hydrogen) atoms. The molecule has 0 bridgehead atoms. The van der Waals surface area contributed by atoms with Crippen LogP contribution in [0.5, 0.6) is 0 Å². The van der Waals surface area contributed by atoms with E-state index in [1.807, 2.05) is 36.7 Å². The Balaban J connectivity index is 1.17. The fourth-order valence-electron chi connectivity index (χ4n) is 4.75. The van der Waals surface area contributed by atoms with Gasteiger partial charge in [0.2, 0.25) is 5.91 Å². The Bertz CT molecular complexity index is 1070. The lowest BCUT2D eigenvalue weighted by Crippen LogP contribution is -2.46. The molecule has 1 amide bonds. The van der Waals surface area contributed by atoms with Crippen molar-refractivity contribution in [1.82, 2.24) is 15.6 Å². The highest BCUT2D eigenvalue weighted by molar-refractivity contribution is 5.78. The number of anilines is 1. The van der Waals surface area contributed by atoms with Crippen molar-refractivity contribution in [2.24, 2.45) is 0 Å². The lowest BCUT2D eigenvalue weighted by Gasteiger charge is -2.35. The third kappa shape index (κ3) is 7.89. The van der Waals surface area contributed by atoms with Crippen molar-refractivity contribution < 1.29 is 9.18 Å². The first-order valence-corrected chi connectivity index (χ1v) is 12.5. The first-order valence-electron chi connectivity index (χ1n) is 12.5. The molecule has 0 unspecified atom stereocenters. The number of nitrogens with zero attached hydrogens (tertiary/aromatic N) is 2. The van der Waals surface area contributed by atoms with Crippen LogP contribution in [0.1, 0.15) is 36.5 Å². The van der Waals surface area contributed by atoms with Crippen LogP contribution in [0.15, 0.2) is 73.1 Å². The van der Waals surface area contributed by atoms with Crippen molar-refractivity contribution in [1.29, 1.82) is 0 Å². The largest absolute Gasteiger partial charge is 0.371 e. The van der Waals surface area contributed by atoms with Gasteiger partial charge in [0.05, 0.1) is 6.42 Å². The van der Waals surface area contributed by atoms with Crippen LogP contribution in [0.2, 0.25) is 0 Å². The zero-order valence-electron chi connectivity index (χ0n) is 20.4. The molecule has 1 aliphatic rings. The Morgan fingerprint density at radius 1 is 1.06 bits per heavy atom. The lowest BCUT2D eigenvalue weighted by atomic mass is 10.0. The second-order valence-electron chi connectivity index (χ2n) is 9.47. The summed E-state index contributed by atoms with van der Waals surface area (Å²) in [7, 11) is 0. The number of halogens is 1. The van der Waals surface area contributed by atoms with Crippen molar-refractivity contribution in [3.63, 3.8) is 0 Å². The summed E-state index contributed by atoms with van der Waals surface area (Å²) in [6.45, 7) is 4.80. The number of hydrogen-bond donors (Lipinski definition) is 2. The number of benzene rings is 2. The average Bonchev–Trinajstić information content (AvgIpc) is 2.86. The summed E-state index contributed by atoms with van der Waals surface area (Å²) in [4.78, 5) is 18.9. The molecule has 1 saturated heterocycles. The van der Waals surface area contributed by atoms with Gasteiger partial charge in [0.15, 0.2) is 0 Å². The fourth-order valence-corrected chi connectivity index (χ4v) is 4.75. The molecule has 1 atom stereocenters. The van der Waals surface area contributed by atoms with Crippen molar-refractivity contribution in [2.45, 2.75) is 51.1 Å². The molecule has 0 spiro atoms. The zero-order valence-corrected chi connectivity index (χ0v) is 20.4. The summed E-state index contributed by atoms with van der Waals surface area (Å²) < 4.78 is 13.3. The third-order valence-electron chi connectivity index (χ3n) is 6.57. The Morgan fingerprint density at radius 2 is 1.83 bits per heavy atom. The first kappa shape index (κ1) is 24.9. The number of carbonyl (C=O) groups is 1. The van der Waals surface area contributed by atoms with E-state index in [-0.39, 0.29) is 11.7 Å². The van der Waals surface area contributed by atoms with Crippen LogP contribution in [0.25, 0.3) is 0 Å². The number of nitrogens with one attached hydrogen (secondary N) is 2. The maximum absolute atomic E-state index is 13.3. The summed E-state index contributed by atoms with van der Waals surface area (Å²) in [5.41, 5.74) is 4.36. The van der Waals surface area contributed by atoms with Crippen LogP contribution in [-0.4, -0.2) is 42.6 Å². The monoisotopic (exact) mass is 474 g/mol. The Morgan fingerprint density at radius 3 is 2.54 bits per heavy atom. The van der Waals surface area contributed by atoms with E-state index in [4.69, 9.17) is 0 Å².